The third kappa shape index (κ3) is 14.2. The molecule has 0 saturated carbocycles. The smallest absolute Gasteiger partial charge is 0.225 e. The number of unbranched alkanes of at least 4 members (excludes halogenated alkanes) is 2. The van der Waals surface area contributed by atoms with Crippen molar-refractivity contribution in [2.24, 2.45) is 28.6 Å². The molecule has 2 aromatic rings. The van der Waals surface area contributed by atoms with E-state index in [1.807, 2.05) is 44.2 Å². The fourth-order valence-corrected chi connectivity index (χ4v) is 4.63. The third-order valence-corrected chi connectivity index (χ3v) is 7.24. The summed E-state index contributed by atoms with van der Waals surface area (Å²) >= 11 is 0. The van der Waals surface area contributed by atoms with E-state index in [4.69, 9.17) is 16.0 Å². The molecule has 16 nitrogen and oxygen atoms in total. The summed E-state index contributed by atoms with van der Waals surface area (Å²) in [6.07, 6.45) is 3.77. The van der Waals surface area contributed by atoms with Crippen LogP contribution in [0.2, 0.25) is 0 Å². The first-order valence-electron chi connectivity index (χ1n) is 15.3. The van der Waals surface area contributed by atoms with Crippen molar-refractivity contribution in [3.8, 4) is 5.69 Å². The predicted octanol–water partition coefficient (Wildman–Crippen LogP) is 1.94. The van der Waals surface area contributed by atoms with Crippen molar-refractivity contribution in [3.63, 3.8) is 0 Å². The second kappa shape index (κ2) is 21.2. The molecule has 5 N–H and O–H groups in total. The fraction of sp³-hybridized carbons (Fsp3) is 0.621. The number of carbonyl (C=O) groups excluding carboxylic acids is 4. The van der Waals surface area contributed by atoms with Gasteiger partial charge < -0.3 is 26.4 Å². The summed E-state index contributed by atoms with van der Waals surface area (Å²) in [6.45, 7) is 4.98. The number of tetrazole rings is 1. The SMILES string of the molecule is CCC(CC(CC(CC)C(=O)NCCCCCNC(=O)CN=[N+]=[N-])C(=O)NCCOCc1nnn(-c2ccccc2)n1)C(N)=O. The Morgan fingerprint density at radius 2 is 1.58 bits per heavy atom. The van der Waals surface area contributed by atoms with Crippen LogP contribution in [0.5, 0.6) is 0 Å². The summed E-state index contributed by atoms with van der Waals surface area (Å²) in [6, 6.07) is 9.36. The number of carbonyl (C=O) groups is 4. The minimum atomic E-state index is -0.584. The Balaban J connectivity index is 1.80. The lowest BCUT2D eigenvalue weighted by Crippen LogP contribution is -2.39. The summed E-state index contributed by atoms with van der Waals surface area (Å²) in [5, 5.41) is 24.0. The molecule has 45 heavy (non-hydrogen) atoms. The standard InChI is InChI=1S/C29H45N11O5/c1-3-21(27(30)42)17-23(18-22(4-2)28(43)33-14-10-6-9-13-32-26(41)19-35-38-31)29(44)34-15-16-45-20-25-36-39-40(37-25)24-11-7-5-8-12-24/h5,7-8,11-12,21-23H,3-4,6,9-10,13-20H2,1-2H3,(H2,30,42)(H,32,41)(H,33,43)(H,34,44). The molecule has 0 aliphatic rings. The molecule has 0 spiro atoms. The molecule has 0 aliphatic heterocycles. The van der Waals surface area contributed by atoms with Crippen molar-refractivity contribution >= 4 is 23.6 Å². The molecular formula is C29H45N11O5. The van der Waals surface area contributed by atoms with Crippen molar-refractivity contribution in [3.05, 3.63) is 46.6 Å². The Kier molecular flexibility index (Phi) is 17.3. The number of para-hydroxylation sites is 1. The van der Waals surface area contributed by atoms with E-state index in [9.17, 15) is 19.2 Å². The van der Waals surface area contributed by atoms with Crippen molar-refractivity contribution in [2.45, 2.75) is 65.4 Å². The molecule has 1 aromatic heterocycles. The van der Waals surface area contributed by atoms with E-state index in [1.165, 1.54) is 4.80 Å². The average molecular weight is 628 g/mol. The largest absolute Gasteiger partial charge is 0.371 e. The number of nitrogens with two attached hydrogens (primary N) is 1. The molecule has 0 saturated heterocycles. The van der Waals surface area contributed by atoms with E-state index in [2.05, 4.69) is 41.4 Å². The van der Waals surface area contributed by atoms with E-state index < -0.39 is 23.7 Å². The molecule has 16 heteroatoms. The van der Waals surface area contributed by atoms with Crippen LogP contribution >= 0.6 is 0 Å². The van der Waals surface area contributed by atoms with E-state index in [1.54, 1.807) is 0 Å². The maximum Gasteiger partial charge on any atom is 0.225 e. The van der Waals surface area contributed by atoms with Crippen molar-refractivity contribution in [1.29, 1.82) is 0 Å². The summed E-state index contributed by atoms with van der Waals surface area (Å²) in [4.78, 5) is 53.5. The maximum absolute atomic E-state index is 13.2. The molecule has 0 aliphatic carbocycles. The van der Waals surface area contributed by atoms with Crippen molar-refractivity contribution < 1.29 is 23.9 Å². The summed E-state index contributed by atoms with van der Waals surface area (Å²) in [7, 11) is 0. The van der Waals surface area contributed by atoms with Crippen LogP contribution in [0.1, 0.15) is 64.6 Å². The summed E-state index contributed by atoms with van der Waals surface area (Å²) in [5.74, 6) is -2.29. The minimum absolute atomic E-state index is 0.121. The zero-order valence-corrected chi connectivity index (χ0v) is 26.1. The Bertz CT molecular complexity index is 1250. The number of primary amides is 1. The number of hydrogen-bond acceptors (Lipinski definition) is 9. The molecule has 1 aromatic carbocycles. The highest BCUT2D eigenvalue weighted by Crippen LogP contribution is 2.25. The van der Waals surface area contributed by atoms with Gasteiger partial charge in [-0.1, -0.05) is 37.2 Å². The van der Waals surface area contributed by atoms with Crippen LogP contribution in [0.3, 0.4) is 0 Å². The van der Waals surface area contributed by atoms with Gasteiger partial charge in [-0.3, -0.25) is 19.2 Å². The van der Waals surface area contributed by atoms with Crippen LogP contribution in [0.25, 0.3) is 16.1 Å². The van der Waals surface area contributed by atoms with Gasteiger partial charge in [0.1, 0.15) is 13.2 Å². The van der Waals surface area contributed by atoms with E-state index in [0.29, 0.717) is 31.8 Å². The topological polar surface area (TPSA) is 232 Å². The van der Waals surface area contributed by atoms with Gasteiger partial charge in [-0.15, -0.1) is 15.0 Å². The fourth-order valence-electron chi connectivity index (χ4n) is 4.63. The molecule has 2 rings (SSSR count). The number of rotatable bonds is 23. The number of aromatic nitrogens is 4. The lowest BCUT2D eigenvalue weighted by molar-refractivity contribution is -0.129. The second-order valence-corrected chi connectivity index (χ2v) is 10.5. The number of ether oxygens (including phenoxy) is 1. The molecule has 246 valence electrons. The van der Waals surface area contributed by atoms with Gasteiger partial charge in [-0.25, -0.2) is 0 Å². The number of nitrogens with zero attached hydrogens (tertiary/aromatic N) is 7. The average Bonchev–Trinajstić information content (AvgIpc) is 3.52. The highest BCUT2D eigenvalue weighted by molar-refractivity contribution is 5.83. The van der Waals surface area contributed by atoms with Gasteiger partial charge in [-0.05, 0) is 67.8 Å². The first-order chi connectivity index (χ1) is 21.8. The van der Waals surface area contributed by atoms with Gasteiger partial charge in [0.2, 0.25) is 29.5 Å². The lowest BCUT2D eigenvalue weighted by Gasteiger charge is -2.24. The van der Waals surface area contributed by atoms with Crippen LogP contribution in [-0.2, 0) is 30.5 Å². The van der Waals surface area contributed by atoms with Gasteiger partial charge in [0.05, 0.1) is 12.3 Å². The van der Waals surface area contributed by atoms with Crippen LogP contribution < -0.4 is 21.7 Å². The first-order valence-corrected chi connectivity index (χ1v) is 15.3. The Morgan fingerprint density at radius 3 is 2.24 bits per heavy atom. The minimum Gasteiger partial charge on any atom is -0.371 e. The Morgan fingerprint density at radius 1 is 0.933 bits per heavy atom. The Labute approximate surface area is 262 Å². The van der Waals surface area contributed by atoms with Crippen molar-refractivity contribution in [2.75, 3.05) is 32.8 Å². The van der Waals surface area contributed by atoms with E-state index in [0.717, 1.165) is 24.9 Å². The van der Waals surface area contributed by atoms with Crippen LogP contribution in [0, 0.1) is 17.8 Å². The molecular weight excluding hydrogens is 582 g/mol. The van der Waals surface area contributed by atoms with E-state index >= 15 is 0 Å². The zero-order valence-electron chi connectivity index (χ0n) is 26.1. The maximum atomic E-state index is 13.2. The Hall–Kier alpha value is -4.56. The predicted molar refractivity (Wildman–Crippen MR) is 165 cm³/mol. The second-order valence-electron chi connectivity index (χ2n) is 10.5. The van der Waals surface area contributed by atoms with E-state index in [-0.39, 0.29) is 56.9 Å². The number of hydrogen-bond donors (Lipinski definition) is 4. The molecule has 4 amide bonds. The van der Waals surface area contributed by atoms with Gasteiger partial charge in [-0.2, -0.15) is 0 Å². The molecule has 0 bridgehead atoms. The number of nitrogens with one attached hydrogen (secondary N) is 3. The zero-order chi connectivity index (χ0) is 32.9. The first kappa shape index (κ1) is 36.6. The van der Waals surface area contributed by atoms with Gasteiger partial charge in [0.15, 0.2) is 0 Å². The summed E-state index contributed by atoms with van der Waals surface area (Å²) < 4.78 is 5.62. The summed E-state index contributed by atoms with van der Waals surface area (Å²) in [5.41, 5.74) is 14.6. The highest BCUT2D eigenvalue weighted by Gasteiger charge is 2.29. The third-order valence-electron chi connectivity index (χ3n) is 7.24. The van der Waals surface area contributed by atoms with Crippen molar-refractivity contribution in [1.82, 2.24) is 36.2 Å². The monoisotopic (exact) mass is 627 g/mol. The lowest BCUT2D eigenvalue weighted by atomic mass is 9.83. The number of amides is 4. The quantitative estimate of drug-likeness (QED) is 0.0614. The van der Waals surface area contributed by atoms with Gasteiger partial charge in [0, 0.05) is 42.3 Å². The van der Waals surface area contributed by atoms with Gasteiger partial charge in [0.25, 0.3) is 0 Å². The number of benzene rings is 1. The van der Waals surface area contributed by atoms with Crippen LogP contribution in [0.15, 0.2) is 35.4 Å². The highest BCUT2D eigenvalue weighted by atomic mass is 16.5. The number of azide groups is 1. The van der Waals surface area contributed by atoms with Crippen LogP contribution in [0.4, 0.5) is 0 Å². The van der Waals surface area contributed by atoms with Crippen LogP contribution in [-0.4, -0.2) is 76.6 Å². The van der Waals surface area contributed by atoms with Gasteiger partial charge >= 0.3 is 0 Å². The molecule has 3 unspecified atom stereocenters. The molecule has 3 atom stereocenters. The normalized spacial score (nSPS) is 12.8. The molecule has 1 heterocycles. The molecule has 0 radical (unpaired) electrons. The molecule has 0 fully saturated rings.